The molecule has 1 aliphatic heterocycles. The molecule has 3 aromatic rings. The van der Waals surface area contributed by atoms with Gasteiger partial charge in [-0.15, -0.1) is 0 Å². The quantitative estimate of drug-likeness (QED) is 0.474. The first-order chi connectivity index (χ1) is 13.8. The summed E-state index contributed by atoms with van der Waals surface area (Å²) in [5.74, 6) is -0.916. The van der Waals surface area contributed by atoms with Crippen LogP contribution < -0.4 is 4.74 Å². The molecule has 5 heteroatoms. The van der Waals surface area contributed by atoms with Crippen LogP contribution in [0.25, 0.3) is 0 Å². The number of ether oxygens (including phenoxy) is 1. The van der Waals surface area contributed by atoms with Crippen LogP contribution in [0.3, 0.4) is 0 Å². The van der Waals surface area contributed by atoms with Crippen molar-refractivity contribution in [3.63, 3.8) is 0 Å². The van der Waals surface area contributed by atoms with Crippen LogP contribution in [0.2, 0.25) is 0 Å². The molecular weight excluding hydrogens is 384 g/mol. The number of hydrogen-bond donors (Lipinski definition) is 0. The lowest BCUT2D eigenvalue weighted by atomic mass is 9.84. The van der Waals surface area contributed by atoms with E-state index in [0.717, 1.165) is 27.8 Å². The number of carbonyl (C=O) groups excluding carboxylic acids is 1. The molecule has 2 unspecified atom stereocenters. The number of hydrogen-bond acceptors (Lipinski definition) is 4. The highest BCUT2D eigenvalue weighted by Crippen LogP contribution is 2.44. The van der Waals surface area contributed by atoms with Crippen molar-refractivity contribution < 1.29 is 17.9 Å². The summed E-state index contributed by atoms with van der Waals surface area (Å²) in [7, 11) is -3.97. The second-order valence-electron chi connectivity index (χ2n) is 7.59. The Labute approximate surface area is 171 Å². The van der Waals surface area contributed by atoms with Gasteiger partial charge in [-0.25, -0.2) is 8.42 Å². The summed E-state index contributed by atoms with van der Waals surface area (Å²) in [6.07, 6.45) is 0. The molecule has 3 aromatic carbocycles. The molecule has 1 heterocycles. The second-order valence-corrected chi connectivity index (χ2v) is 9.66. The Balaban J connectivity index is 1.97. The van der Waals surface area contributed by atoms with Crippen LogP contribution in [-0.4, -0.2) is 19.6 Å². The number of rotatable bonds is 3. The Kier molecular flexibility index (Phi) is 4.79. The first-order valence-corrected chi connectivity index (χ1v) is 11.0. The van der Waals surface area contributed by atoms with E-state index >= 15 is 0 Å². The third-order valence-corrected chi connectivity index (χ3v) is 7.43. The molecule has 0 amide bonds. The first kappa shape index (κ1) is 19.4. The maximum atomic E-state index is 13.6. The maximum Gasteiger partial charge on any atom is 0.331 e. The van der Waals surface area contributed by atoms with Gasteiger partial charge in [-0.3, -0.25) is 4.79 Å². The van der Waals surface area contributed by atoms with Crippen molar-refractivity contribution in [3.8, 4) is 5.75 Å². The molecule has 0 aliphatic carbocycles. The Morgan fingerprint density at radius 1 is 0.828 bits per heavy atom. The molecule has 148 valence electrons. The number of carbonyl (C=O) groups is 1. The van der Waals surface area contributed by atoms with Crippen LogP contribution in [0.4, 0.5) is 0 Å². The summed E-state index contributed by atoms with van der Waals surface area (Å²) >= 11 is 0. The third-order valence-electron chi connectivity index (χ3n) is 5.36. The van der Waals surface area contributed by atoms with Crippen molar-refractivity contribution in [1.82, 2.24) is 0 Å². The molecule has 0 N–H and O–H groups in total. The molecule has 29 heavy (non-hydrogen) atoms. The van der Waals surface area contributed by atoms with E-state index in [9.17, 15) is 13.2 Å². The molecule has 0 fully saturated rings. The number of benzene rings is 3. The second kappa shape index (κ2) is 7.16. The Bertz CT molecular complexity index is 1180. The van der Waals surface area contributed by atoms with Crippen molar-refractivity contribution in [2.45, 2.75) is 36.8 Å². The van der Waals surface area contributed by atoms with Gasteiger partial charge < -0.3 is 4.74 Å². The molecule has 0 aromatic heterocycles. The van der Waals surface area contributed by atoms with Crippen molar-refractivity contribution in [3.05, 3.63) is 94.5 Å². The van der Waals surface area contributed by atoms with Crippen molar-refractivity contribution in [2.75, 3.05) is 0 Å². The van der Waals surface area contributed by atoms with Gasteiger partial charge in [0.15, 0.2) is 15.1 Å². The number of esters is 1. The molecule has 2 atom stereocenters. The van der Waals surface area contributed by atoms with Gasteiger partial charge in [-0.2, -0.15) is 0 Å². The fraction of sp³-hybridized carbons (Fsp3) is 0.208. The highest BCUT2D eigenvalue weighted by atomic mass is 32.2. The van der Waals surface area contributed by atoms with Gasteiger partial charge in [-0.1, -0.05) is 65.7 Å². The molecule has 4 nitrogen and oxygen atoms in total. The van der Waals surface area contributed by atoms with Gasteiger partial charge in [0.25, 0.3) is 0 Å². The normalized spacial score (nSPS) is 18.8. The summed E-state index contributed by atoms with van der Waals surface area (Å²) in [5.41, 5.74) is 4.27. The largest absolute Gasteiger partial charge is 0.425 e. The van der Waals surface area contributed by atoms with E-state index in [0.29, 0.717) is 5.75 Å². The fourth-order valence-electron chi connectivity index (χ4n) is 4.01. The Hall–Kier alpha value is -2.92. The van der Waals surface area contributed by atoms with Gasteiger partial charge in [0.05, 0.1) is 4.90 Å². The number of fused-ring (bicyclic) bond motifs is 1. The molecule has 0 saturated heterocycles. The van der Waals surface area contributed by atoms with Crippen molar-refractivity contribution in [1.29, 1.82) is 0 Å². The highest BCUT2D eigenvalue weighted by molar-refractivity contribution is 7.92. The standard InChI is InChI=1S/C24H22O4S/c1-15-9-11-19(12-10-15)29(26,27)23-21(18-7-5-4-6-8-18)20-14-16(2)13-17(3)22(20)28-24(23)25/h4-14,21,23H,1-3H3. The minimum atomic E-state index is -3.97. The van der Waals surface area contributed by atoms with Gasteiger partial charge in [0.1, 0.15) is 5.75 Å². The smallest absolute Gasteiger partial charge is 0.331 e. The fourth-order valence-corrected chi connectivity index (χ4v) is 5.78. The predicted molar refractivity (Wildman–Crippen MR) is 112 cm³/mol. The lowest BCUT2D eigenvalue weighted by molar-refractivity contribution is -0.135. The first-order valence-electron chi connectivity index (χ1n) is 9.47. The Morgan fingerprint density at radius 3 is 2.14 bits per heavy atom. The summed E-state index contributed by atoms with van der Waals surface area (Å²) in [4.78, 5) is 13.2. The van der Waals surface area contributed by atoms with Crippen LogP contribution >= 0.6 is 0 Å². The molecule has 0 saturated carbocycles. The summed E-state index contributed by atoms with van der Waals surface area (Å²) in [6, 6.07) is 19.7. The van der Waals surface area contributed by atoms with Gasteiger partial charge in [0.2, 0.25) is 0 Å². The van der Waals surface area contributed by atoms with E-state index in [1.54, 1.807) is 24.3 Å². The van der Waals surface area contributed by atoms with Crippen molar-refractivity contribution >= 4 is 15.8 Å². The third kappa shape index (κ3) is 3.36. The average molecular weight is 407 g/mol. The minimum Gasteiger partial charge on any atom is -0.425 e. The molecule has 0 spiro atoms. The predicted octanol–water partition coefficient (Wildman–Crippen LogP) is 4.51. The monoisotopic (exact) mass is 406 g/mol. The van der Waals surface area contributed by atoms with E-state index in [-0.39, 0.29) is 4.90 Å². The molecule has 0 bridgehead atoms. The summed E-state index contributed by atoms with van der Waals surface area (Å²) in [5, 5.41) is -1.35. The van der Waals surface area contributed by atoms with Crippen LogP contribution in [0.15, 0.2) is 71.6 Å². The van der Waals surface area contributed by atoms with Crippen molar-refractivity contribution in [2.24, 2.45) is 0 Å². The van der Waals surface area contributed by atoms with E-state index in [1.165, 1.54) is 0 Å². The highest BCUT2D eigenvalue weighted by Gasteiger charge is 2.48. The SMILES string of the molecule is Cc1ccc(S(=O)(=O)C2C(=O)Oc3c(C)cc(C)cc3C2c2ccccc2)cc1. The van der Waals surface area contributed by atoms with E-state index in [2.05, 4.69) is 0 Å². The minimum absolute atomic E-state index is 0.124. The van der Waals surface area contributed by atoms with Crippen LogP contribution in [0, 0.1) is 20.8 Å². The zero-order valence-corrected chi connectivity index (χ0v) is 17.4. The van der Waals surface area contributed by atoms with E-state index < -0.39 is 27.0 Å². The lowest BCUT2D eigenvalue weighted by Crippen LogP contribution is -2.43. The van der Waals surface area contributed by atoms with E-state index in [1.807, 2.05) is 63.2 Å². The Morgan fingerprint density at radius 2 is 1.48 bits per heavy atom. The average Bonchev–Trinajstić information content (AvgIpc) is 2.68. The maximum absolute atomic E-state index is 13.6. The molecule has 1 aliphatic rings. The zero-order valence-electron chi connectivity index (χ0n) is 16.5. The van der Waals surface area contributed by atoms with Gasteiger partial charge in [0, 0.05) is 11.5 Å². The van der Waals surface area contributed by atoms with Crippen LogP contribution in [0.1, 0.15) is 33.7 Å². The summed E-state index contributed by atoms with van der Waals surface area (Å²) < 4.78 is 32.7. The van der Waals surface area contributed by atoms with Gasteiger partial charge >= 0.3 is 5.97 Å². The zero-order chi connectivity index (χ0) is 20.8. The molecular formula is C24H22O4S. The summed E-state index contributed by atoms with van der Waals surface area (Å²) in [6.45, 7) is 5.71. The van der Waals surface area contributed by atoms with Crippen LogP contribution in [-0.2, 0) is 14.6 Å². The number of sulfone groups is 1. The lowest BCUT2D eigenvalue weighted by Gasteiger charge is -2.33. The van der Waals surface area contributed by atoms with Crippen LogP contribution in [0.5, 0.6) is 5.75 Å². The van der Waals surface area contributed by atoms with E-state index in [4.69, 9.17) is 4.74 Å². The topological polar surface area (TPSA) is 60.4 Å². The van der Waals surface area contributed by atoms with Gasteiger partial charge in [-0.05, 0) is 44.0 Å². The molecule has 0 radical (unpaired) electrons. The number of aryl methyl sites for hydroxylation is 3. The molecule has 4 rings (SSSR count).